The average molecular weight is 437 g/mol. The van der Waals surface area contributed by atoms with E-state index in [1.807, 2.05) is 67.7 Å². The first-order chi connectivity index (χ1) is 14.0. The third-order valence-corrected chi connectivity index (χ3v) is 6.12. The minimum absolute atomic E-state index is 0.132. The minimum Gasteiger partial charge on any atom is -0.345 e. The zero-order valence-corrected chi connectivity index (χ0v) is 18.0. The summed E-state index contributed by atoms with van der Waals surface area (Å²) in [7, 11) is 2.03. The maximum atomic E-state index is 12.9. The number of benzene rings is 3. The molecule has 1 fully saturated rings. The van der Waals surface area contributed by atoms with Crippen LogP contribution in [0.2, 0.25) is 5.02 Å². The first-order valence-corrected chi connectivity index (χ1v) is 10.6. The number of anilines is 3. The van der Waals surface area contributed by atoms with Crippen LogP contribution in [0.5, 0.6) is 0 Å². The van der Waals surface area contributed by atoms with Gasteiger partial charge in [0.25, 0.3) is 5.91 Å². The molecule has 0 aromatic heterocycles. The molecule has 0 aliphatic carbocycles. The van der Waals surface area contributed by atoms with Crippen LogP contribution < -0.4 is 9.80 Å². The van der Waals surface area contributed by atoms with Crippen molar-refractivity contribution in [3.8, 4) is 0 Å². The van der Waals surface area contributed by atoms with E-state index in [-0.39, 0.29) is 5.91 Å². The molecule has 0 N–H and O–H groups in total. The van der Waals surface area contributed by atoms with Crippen molar-refractivity contribution in [2.75, 3.05) is 16.8 Å². The SMILES string of the molecule is CN(c1ccccc1)c1ccc(/C=C2/SC(=S)N(c3cccc(Cl)c3)C2=O)cc1. The lowest BCUT2D eigenvalue weighted by Gasteiger charge is -2.19. The first-order valence-electron chi connectivity index (χ1n) is 8.95. The van der Waals surface area contributed by atoms with Gasteiger partial charge in [-0.15, -0.1) is 0 Å². The van der Waals surface area contributed by atoms with Gasteiger partial charge >= 0.3 is 0 Å². The van der Waals surface area contributed by atoms with Crippen LogP contribution in [0.4, 0.5) is 17.1 Å². The van der Waals surface area contributed by atoms with Crippen LogP contribution in [0.1, 0.15) is 5.56 Å². The number of halogens is 1. The van der Waals surface area contributed by atoms with Crippen molar-refractivity contribution < 1.29 is 4.79 Å². The Labute approximate surface area is 184 Å². The van der Waals surface area contributed by atoms with Crippen LogP contribution in [0.15, 0.2) is 83.8 Å². The monoisotopic (exact) mass is 436 g/mol. The van der Waals surface area contributed by atoms with E-state index < -0.39 is 0 Å². The molecule has 0 bridgehead atoms. The number of para-hydroxylation sites is 1. The van der Waals surface area contributed by atoms with Crippen molar-refractivity contribution >= 4 is 68.9 Å². The molecule has 0 saturated carbocycles. The second kappa shape index (κ2) is 8.41. The van der Waals surface area contributed by atoms with Gasteiger partial charge in [0, 0.05) is 23.4 Å². The summed E-state index contributed by atoms with van der Waals surface area (Å²) in [6, 6.07) is 25.4. The van der Waals surface area contributed by atoms with Crippen molar-refractivity contribution in [3.05, 3.63) is 94.4 Å². The summed E-state index contributed by atoms with van der Waals surface area (Å²) in [5, 5.41) is 0.568. The third-order valence-electron chi connectivity index (χ3n) is 4.58. The summed E-state index contributed by atoms with van der Waals surface area (Å²) in [5.74, 6) is -0.132. The Kier molecular flexibility index (Phi) is 5.72. The van der Waals surface area contributed by atoms with Gasteiger partial charge in [-0.25, -0.2) is 0 Å². The van der Waals surface area contributed by atoms with Crippen LogP contribution in [-0.4, -0.2) is 17.3 Å². The van der Waals surface area contributed by atoms with Gasteiger partial charge in [0.2, 0.25) is 0 Å². The third kappa shape index (κ3) is 4.22. The zero-order chi connectivity index (χ0) is 20.4. The highest BCUT2D eigenvalue weighted by molar-refractivity contribution is 8.27. The quantitative estimate of drug-likeness (QED) is 0.343. The fraction of sp³-hybridized carbons (Fsp3) is 0.0435. The van der Waals surface area contributed by atoms with E-state index in [9.17, 15) is 4.79 Å². The topological polar surface area (TPSA) is 23.6 Å². The molecule has 4 rings (SSSR count). The summed E-state index contributed by atoms with van der Waals surface area (Å²) >= 11 is 12.8. The number of carbonyl (C=O) groups excluding carboxylic acids is 1. The van der Waals surface area contributed by atoms with Crippen LogP contribution in [0.3, 0.4) is 0 Å². The molecular weight excluding hydrogens is 420 g/mol. The fourth-order valence-electron chi connectivity index (χ4n) is 3.05. The van der Waals surface area contributed by atoms with Gasteiger partial charge in [0.15, 0.2) is 4.32 Å². The summed E-state index contributed by atoms with van der Waals surface area (Å²) < 4.78 is 0.504. The molecular formula is C23H17ClN2OS2. The Morgan fingerprint density at radius 3 is 2.34 bits per heavy atom. The lowest BCUT2D eigenvalue weighted by Crippen LogP contribution is -2.27. The van der Waals surface area contributed by atoms with Crippen molar-refractivity contribution in [2.45, 2.75) is 0 Å². The smallest absolute Gasteiger partial charge is 0.270 e. The number of thiocarbonyl (C=S) groups is 1. The highest BCUT2D eigenvalue weighted by Crippen LogP contribution is 2.37. The van der Waals surface area contributed by atoms with Crippen LogP contribution in [0, 0.1) is 0 Å². The molecule has 0 spiro atoms. The van der Waals surface area contributed by atoms with Gasteiger partial charge in [-0.05, 0) is 54.1 Å². The highest BCUT2D eigenvalue weighted by Gasteiger charge is 2.33. The van der Waals surface area contributed by atoms with Gasteiger partial charge < -0.3 is 4.90 Å². The Morgan fingerprint density at radius 1 is 0.966 bits per heavy atom. The lowest BCUT2D eigenvalue weighted by molar-refractivity contribution is -0.113. The van der Waals surface area contributed by atoms with Gasteiger partial charge in [-0.2, -0.15) is 0 Å². The molecule has 1 heterocycles. The molecule has 0 radical (unpaired) electrons. The van der Waals surface area contributed by atoms with Gasteiger partial charge in [0.05, 0.1) is 10.6 Å². The van der Waals surface area contributed by atoms with Crippen LogP contribution in [0.25, 0.3) is 6.08 Å². The Morgan fingerprint density at radius 2 is 1.66 bits per heavy atom. The average Bonchev–Trinajstić information content (AvgIpc) is 3.01. The molecule has 6 heteroatoms. The maximum Gasteiger partial charge on any atom is 0.270 e. The molecule has 1 saturated heterocycles. The summed E-state index contributed by atoms with van der Waals surface area (Å²) in [6.45, 7) is 0. The molecule has 3 aromatic rings. The standard InChI is InChI=1S/C23H17ClN2OS2/c1-25(18-7-3-2-4-8-18)19-12-10-16(11-13-19)14-21-22(27)26(23(28)29-21)20-9-5-6-17(24)15-20/h2-15H,1H3/b21-14+. The van der Waals surface area contributed by atoms with E-state index in [1.165, 1.54) is 16.7 Å². The number of hydrogen-bond acceptors (Lipinski definition) is 4. The molecule has 1 amide bonds. The second-order valence-electron chi connectivity index (χ2n) is 6.48. The van der Waals surface area contributed by atoms with E-state index in [4.69, 9.17) is 23.8 Å². The fourth-order valence-corrected chi connectivity index (χ4v) is 4.54. The van der Waals surface area contributed by atoms with E-state index in [2.05, 4.69) is 17.0 Å². The molecule has 0 unspecified atom stereocenters. The predicted octanol–water partition coefficient (Wildman–Crippen LogP) is 6.51. The number of thioether (sulfide) groups is 1. The van der Waals surface area contributed by atoms with Crippen LogP contribution >= 0.6 is 35.6 Å². The van der Waals surface area contributed by atoms with E-state index in [0.717, 1.165) is 16.9 Å². The lowest BCUT2D eigenvalue weighted by atomic mass is 10.1. The maximum absolute atomic E-state index is 12.9. The van der Waals surface area contributed by atoms with Crippen molar-refractivity contribution in [2.24, 2.45) is 0 Å². The van der Waals surface area contributed by atoms with Crippen molar-refractivity contribution in [1.29, 1.82) is 0 Å². The normalized spacial score (nSPS) is 15.2. The number of rotatable bonds is 4. The Bertz CT molecular complexity index is 1100. The van der Waals surface area contributed by atoms with E-state index >= 15 is 0 Å². The molecule has 3 aromatic carbocycles. The predicted molar refractivity (Wildman–Crippen MR) is 128 cm³/mol. The first kappa shape index (κ1) is 19.7. The minimum atomic E-state index is -0.132. The second-order valence-corrected chi connectivity index (χ2v) is 8.60. The van der Waals surface area contributed by atoms with Gasteiger partial charge in [-0.1, -0.05) is 72.0 Å². The number of nitrogens with zero attached hydrogens (tertiary/aromatic N) is 2. The largest absolute Gasteiger partial charge is 0.345 e. The number of hydrogen-bond donors (Lipinski definition) is 0. The van der Waals surface area contributed by atoms with Gasteiger partial charge in [-0.3, -0.25) is 9.69 Å². The molecule has 0 atom stereocenters. The van der Waals surface area contributed by atoms with Crippen molar-refractivity contribution in [1.82, 2.24) is 0 Å². The molecule has 1 aliphatic rings. The number of amides is 1. The summed E-state index contributed by atoms with van der Waals surface area (Å²) in [5.41, 5.74) is 3.81. The zero-order valence-electron chi connectivity index (χ0n) is 15.6. The Hall–Kier alpha value is -2.60. The Balaban J connectivity index is 1.55. The van der Waals surface area contributed by atoms with Crippen molar-refractivity contribution in [3.63, 3.8) is 0 Å². The van der Waals surface area contributed by atoms with Gasteiger partial charge in [0.1, 0.15) is 0 Å². The van der Waals surface area contributed by atoms with E-state index in [1.54, 1.807) is 12.1 Å². The highest BCUT2D eigenvalue weighted by atomic mass is 35.5. The number of carbonyl (C=O) groups is 1. The van der Waals surface area contributed by atoms with Crippen LogP contribution in [-0.2, 0) is 4.79 Å². The molecule has 1 aliphatic heterocycles. The molecule has 144 valence electrons. The molecule has 29 heavy (non-hydrogen) atoms. The van der Waals surface area contributed by atoms with E-state index in [0.29, 0.717) is 19.9 Å². The summed E-state index contributed by atoms with van der Waals surface area (Å²) in [4.78, 5) is 17.1. The summed E-state index contributed by atoms with van der Waals surface area (Å²) in [6.07, 6.45) is 1.87. The molecule has 3 nitrogen and oxygen atoms in total.